The van der Waals surface area contributed by atoms with E-state index in [2.05, 4.69) is 15.5 Å². The summed E-state index contributed by atoms with van der Waals surface area (Å²) >= 11 is 0. The number of nitrogens with zero attached hydrogens (tertiary/aromatic N) is 1. The summed E-state index contributed by atoms with van der Waals surface area (Å²) in [5.41, 5.74) is -2.51. The molecule has 0 saturated carbocycles. The molecule has 0 spiro atoms. The Bertz CT molecular complexity index is 912. The number of hydrogen-bond donors (Lipinski definition) is 2. The zero-order valence-corrected chi connectivity index (χ0v) is 18.2. The summed E-state index contributed by atoms with van der Waals surface area (Å²) in [4.78, 5) is 15.1. The van der Waals surface area contributed by atoms with Crippen molar-refractivity contribution in [2.24, 2.45) is 0 Å². The quantitative estimate of drug-likeness (QED) is 0.551. The van der Waals surface area contributed by atoms with E-state index in [-0.39, 0.29) is 11.6 Å². The third-order valence-corrected chi connectivity index (χ3v) is 5.39. The average molecular weight is 489 g/mol. The number of morpholine rings is 1. The van der Waals surface area contributed by atoms with Crippen molar-refractivity contribution in [2.45, 2.75) is 24.9 Å². The van der Waals surface area contributed by atoms with Gasteiger partial charge in [-0.05, 0) is 29.3 Å². The molecule has 1 saturated heterocycles. The van der Waals surface area contributed by atoms with Crippen LogP contribution in [0.15, 0.2) is 48.5 Å². The van der Waals surface area contributed by atoms with E-state index in [0.717, 1.165) is 13.1 Å². The maximum absolute atomic E-state index is 13.1. The topological polar surface area (TPSA) is 53.6 Å². The number of amides is 1. The van der Waals surface area contributed by atoms with Gasteiger partial charge >= 0.3 is 12.4 Å². The lowest BCUT2D eigenvalue weighted by Gasteiger charge is -2.27. The second kappa shape index (κ2) is 11.2. The highest BCUT2D eigenvalue weighted by atomic mass is 19.4. The molecule has 1 aliphatic heterocycles. The summed E-state index contributed by atoms with van der Waals surface area (Å²) in [5.74, 6) is -0.556. The van der Waals surface area contributed by atoms with Crippen molar-refractivity contribution in [1.82, 2.24) is 15.5 Å². The number of halogens is 6. The Balaban J connectivity index is 1.71. The molecule has 0 aliphatic carbocycles. The Morgan fingerprint density at radius 1 is 0.941 bits per heavy atom. The highest BCUT2D eigenvalue weighted by molar-refractivity contribution is 5.83. The van der Waals surface area contributed by atoms with E-state index in [1.54, 1.807) is 30.3 Å². The Labute approximate surface area is 193 Å². The number of carbonyl (C=O) groups excluding carboxylic acids is 1. The average Bonchev–Trinajstić information content (AvgIpc) is 2.80. The van der Waals surface area contributed by atoms with Gasteiger partial charge in [-0.2, -0.15) is 26.3 Å². The van der Waals surface area contributed by atoms with Crippen LogP contribution in [0.2, 0.25) is 0 Å². The first-order chi connectivity index (χ1) is 16.0. The van der Waals surface area contributed by atoms with Crippen LogP contribution in [-0.2, 0) is 28.4 Å². The maximum Gasteiger partial charge on any atom is 0.416 e. The molecular weight excluding hydrogens is 464 g/mol. The van der Waals surface area contributed by atoms with Gasteiger partial charge in [-0.1, -0.05) is 30.3 Å². The second-order valence-electron chi connectivity index (χ2n) is 7.88. The molecule has 2 aromatic rings. The molecule has 186 valence electrons. The van der Waals surface area contributed by atoms with E-state index in [1.807, 2.05) is 0 Å². The monoisotopic (exact) mass is 489 g/mol. The summed E-state index contributed by atoms with van der Waals surface area (Å²) in [7, 11) is 0. The van der Waals surface area contributed by atoms with Gasteiger partial charge in [0.05, 0.1) is 24.3 Å². The first-order valence-corrected chi connectivity index (χ1v) is 10.7. The fourth-order valence-electron chi connectivity index (χ4n) is 3.61. The molecular formula is C23H25F6N3O2. The van der Waals surface area contributed by atoms with Crippen molar-refractivity contribution in [3.63, 3.8) is 0 Å². The molecule has 1 heterocycles. The Morgan fingerprint density at radius 2 is 1.53 bits per heavy atom. The second-order valence-corrected chi connectivity index (χ2v) is 7.88. The van der Waals surface area contributed by atoms with E-state index >= 15 is 0 Å². The SMILES string of the molecule is O=C(NCc1cc(C(F)(F)F)cc(C(F)(F)F)c1)C(NCCN1CCOCC1)c1ccccc1. The molecule has 1 amide bonds. The van der Waals surface area contributed by atoms with E-state index in [0.29, 0.717) is 44.0 Å². The van der Waals surface area contributed by atoms with Crippen molar-refractivity contribution in [3.8, 4) is 0 Å². The largest absolute Gasteiger partial charge is 0.416 e. The van der Waals surface area contributed by atoms with Crippen LogP contribution >= 0.6 is 0 Å². The lowest BCUT2D eigenvalue weighted by Crippen LogP contribution is -2.43. The van der Waals surface area contributed by atoms with Crippen LogP contribution in [0.25, 0.3) is 0 Å². The van der Waals surface area contributed by atoms with Gasteiger partial charge in [0.2, 0.25) is 5.91 Å². The molecule has 2 N–H and O–H groups in total. The third kappa shape index (κ3) is 7.44. The van der Waals surface area contributed by atoms with Crippen molar-refractivity contribution < 1.29 is 35.9 Å². The number of hydrogen-bond acceptors (Lipinski definition) is 4. The predicted molar refractivity (Wildman–Crippen MR) is 113 cm³/mol. The lowest BCUT2D eigenvalue weighted by molar-refractivity contribution is -0.143. The molecule has 1 fully saturated rings. The Kier molecular flexibility index (Phi) is 8.56. The summed E-state index contributed by atoms with van der Waals surface area (Å²) in [5, 5.41) is 5.61. The van der Waals surface area contributed by atoms with Gasteiger partial charge in [0.15, 0.2) is 0 Å². The number of alkyl halides is 6. The predicted octanol–water partition coefficient (Wildman–Crippen LogP) is 4.00. The molecule has 1 atom stereocenters. The summed E-state index contributed by atoms with van der Waals surface area (Å²) in [6.07, 6.45) is -9.90. The minimum absolute atomic E-state index is 0.0608. The van der Waals surface area contributed by atoms with Gasteiger partial charge in [-0.25, -0.2) is 0 Å². The molecule has 0 bridgehead atoms. The van der Waals surface area contributed by atoms with Crippen molar-refractivity contribution >= 4 is 5.91 Å². The van der Waals surface area contributed by atoms with Crippen LogP contribution in [0.4, 0.5) is 26.3 Å². The summed E-state index contributed by atoms with van der Waals surface area (Å²) in [6.45, 7) is 3.40. The van der Waals surface area contributed by atoms with Crippen molar-refractivity contribution in [1.29, 1.82) is 0 Å². The van der Waals surface area contributed by atoms with Crippen LogP contribution < -0.4 is 10.6 Å². The van der Waals surface area contributed by atoms with Gasteiger partial charge in [-0.15, -0.1) is 0 Å². The summed E-state index contributed by atoms with van der Waals surface area (Å²) < 4.78 is 83.9. The first kappa shape index (κ1) is 26.0. The molecule has 2 aromatic carbocycles. The maximum atomic E-state index is 13.1. The molecule has 11 heteroatoms. The number of carbonyl (C=O) groups is 1. The smallest absolute Gasteiger partial charge is 0.379 e. The van der Waals surface area contributed by atoms with Gasteiger partial charge in [0.25, 0.3) is 0 Å². The summed E-state index contributed by atoms with van der Waals surface area (Å²) in [6, 6.07) is 9.14. The van der Waals surface area contributed by atoms with Crippen LogP contribution in [0, 0.1) is 0 Å². The minimum Gasteiger partial charge on any atom is -0.379 e. The van der Waals surface area contributed by atoms with Gasteiger partial charge in [-0.3, -0.25) is 9.69 Å². The molecule has 0 aromatic heterocycles. The van der Waals surface area contributed by atoms with E-state index in [4.69, 9.17) is 4.74 Å². The number of rotatable bonds is 8. The van der Waals surface area contributed by atoms with Crippen LogP contribution in [0.5, 0.6) is 0 Å². The van der Waals surface area contributed by atoms with Crippen LogP contribution in [-0.4, -0.2) is 50.2 Å². The zero-order chi connectivity index (χ0) is 24.8. The molecule has 1 aliphatic rings. The number of ether oxygens (including phenoxy) is 1. The Hall–Kier alpha value is -2.63. The molecule has 0 radical (unpaired) electrons. The molecule has 34 heavy (non-hydrogen) atoms. The number of benzene rings is 2. The van der Waals surface area contributed by atoms with Crippen molar-refractivity contribution in [2.75, 3.05) is 39.4 Å². The van der Waals surface area contributed by atoms with Gasteiger partial charge in [0.1, 0.15) is 6.04 Å². The fourth-order valence-corrected chi connectivity index (χ4v) is 3.61. The number of nitrogens with one attached hydrogen (secondary N) is 2. The van der Waals surface area contributed by atoms with Gasteiger partial charge in [0, 0.05) is 32.7 Å². The van der Waals surface area contributed by atoms with E-state index in [9.17, 15) is 31.1 Å². The van der Waals surface area contributed by atoms with Crippen LogP contribution in [0.3, 0.4) is 0 Å². The van der Waals surface area contributed by atoms with Crippen molar-refractivity contribution in [3.05, 3.63) is 70.8 Å². The molecule has 1 unspecified atom stereocenters. The highest BCUT2D eigenvalue weighted by Gasteiger charge is 2.37. The van der Waals surface area contributed by atoms with Gasteiger partial charge < -0.3 is 15.4 Å². The normalized spacial score (nSPS) is 16.3. The van der Waals surface area contributed by atoms with E-state index in [1.165, 1.54) is 0 Å². The molecule has 3 rings (SSSR count). The zero-order valence-electron chi connectivity index (χ0n) is 18.2. The highest BCUT2D eigenvalue weighted by Crippen LogP contribution is 2.36. The van der Waals surface area contributed by atoms with Crippen LogP contribution in [0.1, 0.15) is 28.3 Å². The standard InChI is InChI=1S/C23H25F6N3O2/c24-22(25,26)18-12-16(13-19(14-18)23(27,28)29)15-31-21(33)20(17-4-2-1-3-5-17)30-6-7-32-8-10-34-11-9-32/h1-5,12-14,20,30H,6-11,15H2,(H,31,33). The Morgan fingerprint density at radius 3 is 2.09 bits per heavy atom. The fraction of sp³-hybridized carbons (Fsp3) is 0.435. The lowest BCUT2D eigenvalue weighted by atomic mass is 10.0. The minimum atomic E-state index is -4.95. The first-order valence-electron chi connectivity index (χ1n) is 10.7. The third-order valence-electron chi connectivity index (χ3n) is 5.39. The molecule has 5 nitrogen and oxygen atoms in total. The van der Waals surface area contributed by atoms with E-state index < -0.39 is 42.0 Å².